The molecule has 1 spiro atoms. The molecule has 2 fully saturated rings. The van der Waals surface area contributed by atoms with Crippen molar-refractivity contribution < 1.29 is 13.2 Å². The minimum atomic E-state index is -3.20. The second-order valence-electron chi connectivity index (χ2n) is 9.29. The van der Waals surface area contributed by atoms with Crippen molar-refractivity contribution in [2.24, 2.45) is 0 Å². The third-order valence-corrected chi connectivity index (χ3v) is 7.81. The molecule has 0 unspecified atom stereocenters. The number of hydrogen-bond acceptors (Lipinski definition) is 4. The van der Waals surface area contributed by atoms with Crippen LogP contribution in [0.1, 0.15) is 36.8 Å². The van der Waals surface area contributed by atoms with Crippen LogP contribution in [0.5, 0.6) is 0 Å². The fourth-order valence-electron chi connectivity index (χ4n) is 5.25. The van der Waals surface area contributed by atoms with E-state index in [1.165, 1.54) is 11.8 Å². The Labute approximate surface area is 185 Å². The smallest absolute Gasteiger partial charge is 0.322 e. The molecule has 1 heterocycles. The maximum Gasteiger partial charge on any atom is 0.322 e. The molecule has 166 valence electrons. The van der Waals surface area contributed by atoms with Crippen LogP contribution in [-0.4, -0.2) is 51.8 Å². The summed E-state index contributed by atoms with van der Waals surface area (Å²) >= 11 is 0. The Kier molecular flexibility index (Phi) is 5.60. The van der Waals surface area contributed by atoms with Gasteiger partial charge in [-0.1, -0.05) is 48.5 Å². The van der Waals surface area contributed by atoms with Gasteiger partial charge in [-0.05, 0) is 57.0 Å². The summed E-state index contributed by atoms with van der Waals surface area (Å²) in [5.74, 6) is -0.0717. The molecule has 1 saturated heterocycles. The summed E-state index contributed by atoms with van der Waals surface area (Å²) in [5.41, 5.74) is 2.34. The van der Waals surface area contributed by atoms with Crippen LogP contribution in [-0.2, 0) is 21.1 Å². The molecule has 0 aromatic heterocycles. The van der Waals surface area contributed by atoms with E-state index < -0.39 is 9.84 Å². The van der Waals surface area contributed by atoms with Gasteiger partial charge in [-0.15, -0.1) is 0 Å². The monoisotopic (exact) mass is 441 g/mol. The van der Waals surface area contributed by atoms with Gasteiger partial charge in [-0.2, -0.15) is 0 Å². The lowest BCUT2D eigenvalue weighted by Gasteiger charge is -2.48. The number of para-hydroxylation sites is 1. The Morgan fingerprint density at radius 1 is 0.968 bits per heavy atom. The van der Waals surface area contributed by atoms with E-state index in [0.29, 0.717) is 17.8 Å². The third kappa shape index (κ3) is 4.21. The van der Waals surface area contributed by atoms with Gasteiger partial charge >= 0.3 is 6.03 Å². The Hall–Kier alpha value is -2.38. The van der Waals surface area contributed by atoms with Gasteiger partial charge in [0.15, 0.2) is 9.84 Å². The fraction of sp³-hybridized carbons (Fsp3) is 0.458. The molecule has 1 saturated carbocycles. The van der Waals surface area contributed by atoms with Crippen molar-refractivity contribution in [2.45, 2.75) is 42.5 Å². The Morgan fingerprint density at radius 3 is 2.19 bits per heavy atom. The Balaban J connectivity index is 1.57. The predicted molar refractivity (Wildman–Crippen MR) is 124 cm³/mol. The number of anilines is 1. The lowest BCUT2D eigenvalue weighted by atomic mass is 9.69. The van der Waals surface area contributed by atoms with Crippen LogP contribution >= 0.6 is 0 Å². The summed E-state index contributed by atoms with van der Waals surface area (Å²) in [4.78, 5) is 17.0. The van der Waals surface area contributed by atoms with E-state index in [1.54, 1.807) is 11.0 Å². The van der Waals surface area contributed by atoms with Gasteiger partial charge in [0.05, 0.1) is 17.8 Å². The van der Waals surface area contributed by atoms with E-state index in [1.807, 2.05) is 24.3 Å². The molecule has 1 aliphatic carbocycles. The fourth-order valence-corrected chi connectivity index (χ4v) is 6.06. The highest BCUT2D eigenvalue weighted by Crippen LogP contribution is 2.46. The average Bonchev–Trinajstić information content (AvgIpc) is 3.04. The zero-order valence-electron chi connectivity index (χ0n) is 18.5. The highest BCUT2D eigenvalue weighted by molar-refractivity contribution is 7.89. The number of hydrogen-bond donors (Lipinski definition) is 1. The first-order chi connectivity index (χ1) is 14.6. The molecular weight excluding hydrogens is 410 g/mol. The molecule has 2 aromatic carbocycles. The van der Waals surface area contributed by atoms with Gasteiger partial charge in [0.1, 0.15) is 0 Å². The van der Waals surface area contributed by atoms with Crippen molar-refractivity contribution in [2.75, 3.05) is 31.8 Å². The van der Waals surface area contributed by atoms with Crippen molar-refractivity contribution in [1.29, 1.82) is 0 Å². The van der Waals surface area contributed by atoms with E-state index in [-0.39, 0.29) is 22.9 Å². The molecule has 1 N–H and O–H groups in total. The van der Waals surface area contributed by atoms with Gasteiger partial charge in [0.25, 0.3) is 0 Å². The number of carbonyl (C=O) groups excluding carboxylic acids is 1. The molecular formula is C24H31N3O3S. The Morgan fingerprint density at radius 2 is 1.58 bits per heavy atom. The van der Waals surface area contributed by atoms with Gasteiger partial charge in [0.2, 0.25) is 0 Å². The Bertz CT molecular complexity index is 1060. The van der Waals surface area contributed by atoms with Crippen molar-refractivity contribution in [3.8, 4) is 0 Å². The predicted octanol–water partition coefficient (Wildman–Crippen LogP) is 3.53. The molecule has 6 nitrogen and oxygen atoms in total. The van der Waals surface area contributed by atoms with Crippen LogP contribution in [0.15, 0.2) is 54.6 Å². The normalized spacial score (nSPS) is 26.5. The number of amides is 2. The first-order valence-corrected chi connectivity index (χ1v) is 12.8. The summed E-state index contributed by atoms with van der Waals surface area (Å²) in [6.45, 7) is 0.560. The minimum Gasteiger partial charge on any atom is -0.330 e. The second-order valence-corrected chi connectivity index (χ2v) is 11.4. The molecule has 31 heavy (non-hydrogen) atoms. The van der Waals surface area contributed by atoms with E-state index in [9.17, 15) is 13.2 Å². The molecule has 4 rings (SSSR count). The van der Waals surface area contributed by atoms with E-state index in [2.05, 4.69) is 48.6 Å². The molecule has 2 aromatic rings. The topological polar surface area (TPSA) is 69.7 Å². The number of sulfone groups is 1. The molecule has 0 atom stereocenters. The maximum absolute atomic E-state index is 13.0. The van der Waals surface area contributed by atoms with Gasteiger partial charge in [0, 0.05) is 17.5 Å². The molecule has 0 bridgehead atoms. The van der Waals surface area contributed by atoms with Crippen molar-refractivity contribution in [3.05, 3.63) is 65.7 Å². The zero-order chi connectivity index (χ0) is 22.3. The highest BCUT2D eigenvalue weighted by atomic mass is 32.2. The number of benzene rings is 2. The number of carbonyl (C=O) groups is 1. The van der Waals surface area contributed by atoms with Crippen LogP contribution in [0.2, 0.25) is 0 Å². The number of nitrogens with zero attached hydrogens (tertiary/aromatic N) is 2. The van der Waals surface area contributed by atoms with Crippen LogP contribution in [0.25, 0.3) is 0 Å². The van der Waals surface area contributed by atoms with Gasteiger partial charge < -0.3 is 5.32 Å². The van der Waals surface area contributed by atoms with Gasteiger partial charge in [-0.25, -0.2) is 13.2 Å². The summed E-state index contributed by atoms with van der Waals surface area (Å²) in [5, 5.41) is 3.26. The lowest BCUT2D eigenvalue weighted by molar-refractivity contribution is 0.0658. The molecule has 2 aliphatic rings. The van der Waals surface area contributed by atoms with E-state index in [0.717, 1.165) is 25.7 Å². The highest BCUT2D eigenvalue weighted by Gasteiger charge is 2.50. The summed E-state index contributed by atoms with van der Waals surface area (Å²) in [7, 11) is 1.06. The van der Waals surface area contributed by atoms with Crippen LogP contribution in [0, 0.1) is 0 Å². The van der Waals surface area contributed by atoms with Crippen LogP contribution < -0.4 is 10.2 Å². The number of nitrogens with one attached hydrogen (secondary N) is 1. The molecule has 7 heteroatoms. The van der Waals surface area contributed by atoms with Crippen molar-refractivity contribution in [3.63, 3.8) is 0 Å². The van der Waals surface area contributed by atoms with Crippen LogP contribution in [0.4, 0.5) is 10.5 Å². The first kappa shape index (κ1) is 21.8. The summed E-state index contributed by atoms with van der Waals surface area (Å²) < 4.78 is 23.8. The molecule has 1 aliphatic heterocycles. The second kappa shape index (κ2) is 7.95. The summed E-state index contributed by atoms with van der Waals surface area (Å²) in [6, 6.07) is 17.8. The first-order valence-electron chi connectivity index (χ1n) is 10.7. The van der Waals surface area contributed by atoms with Gasteiger partial charge in [-0.3, -0.25) is 9.80 Å². The molecule has 2 amide bonds. The van der Waals surface area contributed by atoms with Crippen molar-refractivity contribution in [1.82, 2.24) is 10.2 Å². The molecule has 0 radical (unpaired) electrons. The quantitative estimate of drug-likeness (QED) is 0.771. The van der Waals surface area contributed by atoms with E-state index in [4.69, 9.17) is 0 Å². The maximum atomic E-state index is 13.0. The summed E-state index contributed by atoms with van der Waals surface area (Å²) in [6.07, 6.45) is 4.86. The number of rotatable bonds is 5. The van der Waals surface area contributed by atoms with Crippen LogP contribution in [0.3, 0.4) is 0 Å². The third-order valence-electron chi connectivity index (χ3n) is 6.98. The lowest BCUT2D eigenvalue weighted by Crippen LogP contribution is -2.54. The zero-order valence-corrected chi connectivity index (χ0v) is 19.3. The standard InChI is InChI=1S/C24H31N3O3S/c1-26(2)24(20-10-5-4-6-11-20)15-13-23(14-16-24)18-27(22(28)25-23)21-12-8-7-9-19(21)17-31(3,29)30/h4-12H,13-18H2,1-3H3,(H,25,28)/t23-,24+. The minimum absolute atomic E-state index is 0.0428. The average molecular weight is 442 g/mol. The SMILES string of the molecule is CN(C)[C@]1(c2ccccc2)CC[C@]2(CC1)CN(c1ccccc1CS(C)(=O)=O)C(=O)N2. The largest absolute Gasteiger partial charge is 0.330 e. The van der Waals surface area contributed by atoms with E-state index >= 15 is 0 Å². The van der Waals surface area contributed by atoms with Crippen molar-refractivity contribution >= 4 is 21.6 Å². The number of urea groups is 1.